The summed E-state index contributed by atoms with van der Waals surface area (Å²) in [6.45, 7) is 9.50. The Bertz CT molecular complexity index is 1270. The number of benzene rings is 2. The molecule has 0 saturated heterocycles. The molecule has 216 valence electrons. The van der Waals surface area contributed by atoms with E-state index >= 15 is 0 Å². The number of thiazole rings is 1. The van der Waals surface area contributed by atoms with Crippen LogP contribution in [0.4, 0.5) is 8.78 Å². The van der Waals surface area contributed by atoms with Gasteiger partial charge in [-0.05, 0) is 74.6 Å². The Labute approximate surface area is 238 Å². The molecule has 0 aliphatic rings. The molecule has 40 heavy (non-hydrogen) atoms. The monoisotopic (exact) mass is 572 g/mol. The first kappa shape index (κ1) is 31.3. The Kier molecular flexibility index (Phi) is 11.7. The van der Waals surface area contributed by atoms with Gasteiger partial charge in [-0.2, -0.15) is 0 Å². The van der Waals surface area contributed by atoms with Crippen LogP contribution in [0.2, 0.25) is 0 Å². The van der Waals surface area contributed by atoms with Crippen LogP contribution in [0.25, 0.3) is 0 Å². The molecule has 0 bridgehead atoms. The summed E-state index contributed by atoms with van der Waals surface area (Å²) >= 11 is 1.50. The molecule has 0 saturated carbocycles. The van der Waals surface area contributed by atoms with Gasteiger partial charge in [-0.3, -0.25) is 9.59 Å². The van der Waals surface area contributed by atoms with Crippen molar-refractivity contribution in [2.75, 3.05) is 19.6 Å². The van der Waals surface area contributed by atoms with Crippen LogP contribution in [0.15, 0.2) is 41.8 Å². The zero-order valence-corrected chi connectivity index (χ0v) is 24.3. The van der Waals surface area contributed by atoms with E-state index < -0.39 is 29.7 Å². The smallest absolute Gasteiger partial charge is 0.253 e. The normalized spacial score (nSPS) is 12.7. The van der Waals surface area contributed by atoms with Gasteiger partial charge in [0, 0.05) is 54.4 Å². The van der Waals surface area contributed by atoms with E-state index in [0.717, 1.165) is 35.2 Å². The first-order valence-corrected chi connectivity index (χ1v) is 14.4. The minimum atomic E-state index is -1.08. The fraction of sp³-hybridized carbons (Fsp3) is 0.433. The number of aryl methyl sites for hydroxylation is 2. The molecule has 3 rings (SSSR count). The summed E-state index contributed by atoms with van der Waals surface area (Å²) in [6, 6.07) is 7.25. The molecule has 1 heterocycles. The molecular weight excluding hydrogens is 534 g/mol. The van der Waals surface area contributed by atoms with Crippen molar-refractivity contribution in [3.05, 3.63) is 86.4 Å². The highest BCUT2D eigenvalue weighted by Gasteiger charge is 2.24. The Balaban J connectivity index is 1.80. The molecule has 1 aromatic heterocycles. The highest BCUT2D eigenvalue weighted by Crippen LogP contribution is 2.16. The van der Waals surface area contributed by atoms with Gasteiger partial charge in [-0.1, -0.05) is 13.8 Å². The molecule has 3 N–H and O–H groups in total. The molecular formula is C30H38F2N4O3S. The molecule has 2 aromatic carbocycles. The van der Waals surface area contributed by atoms with Gasteiger partial charge in [0.1, 0.15) is 16.6 Å². The van der Waals surface area contributed by atoms with Gasteiger partial charge in [-0.15, -0.1) is 11.3 Å². The standard InChI is InChI=1S/C30H38F2N4O3S/c1-5-7-36(8-6-2)30(39)23-10-19(3)9-22(14-23)29(38)35-26(13-21-11-24(31)15-25(32)12-21)27(37)16-33-17-28-34-20(4)18-40-28/h9-12,14-15,18,26-27,33,37H,5-8,13,16-17H2,1-4H3,(H,35,38)/t26-,27+/m0/s1. The first-order valence-electron chi connectivity index (χ1n) is 13.6. The quantitative estimate of drug-likeness (QED) is 0.258. The molecule has 0 aliphatic heterocycles. The van der Waals surface area contributed by atoms with Crippen molar-refractivity contribution in [3.8, 4) is 0 Å². The van der Waals surface area contributed by atoms with Crippen molar-refractivity contribution in [1.82, 2.24) is 20.5 Å². The number of amides is 2. The second-order valence-corrected chi connectivity index (χ2v) is 11.0. The lowest BCUT2D eigenvalue weighted by Crippen LogP contribution is -2.48. The molecule has 0 unspecified atom stereocenters. The van der Waals surface area contributed by atoms with Gasteiger partial charge in [0.2, 0.25) is 0 Å². The third-order valence-corrected chi connectivity index (χ3v) is 7.28. The Morgan fingerprint density at radius 1 is 1.00 bits per heavy atom. The van der Waals surface area contributed by atoms with E-state index in [1.807, 2.05) is 33.1 Å². The van der Waals surface area contributed by atoms with Crippen LogP contribution in [0.5, 0.6) is 0 Å². The number of hydrogen-bond acceptors (Lipinski definition) is 6. The molecule has 0 spiro atoms. The molecule has 10 heteroatoms. The number of hydrogen-bond donors (Lipinski definition) is 3. The molecule has 0 fully saturated rings. The lowest BCUT2D eigenvalue weighted by molar-refractivity contribution is 0.0755. The third kappa shape index (κ3) is 9.18. The van der Waals surface area contributed by atoms with Crippen molar-refractivity contribution in [2.24, 2.45) is 0 Å². The van der Waals surface area contributed by atoms with Gasteiger partial charge in [0.05, 0.1) is 12.1 Å². The molecule has 2 amide bonds. The summed E-state index contributed by atoms with van der Waals surface area (Å²) in [5.74, 6) is -2.11. The maximum Gasteiger partial charge on any atom is 0.253 e. The summed E-state index contributed by atoms with van der Waals surface area (Å²) < 4.78 is 27.8. The van der Waals surface area contributed by atoms with Crippen molar-refractivity contribution in [3.63, 3.8) is 0 Å². The van der Waals surface area contributed by atoms with E-state index in [1.165, 1.54) is 23.5 Å². The summed E-state index contributed by atoms with van der Waals surface area (Å²) in [6.07, 6.45) is 0.563. The summed E-state index contributed by atoms with van der Waals surface area (Å²) in [4.78, 5) is 32.8. The summed E-state index contributed by atoms with van der Waals surface area (Å²) in [5.41, 5.74) is 2.63. The second-order valence-electron chi connectivity index (χ2n) is 10.0. The topological polar surface area (TPSA) is 94.6 Å². The highest BCUT2D eigenvalue weighted by molar-refractivity contribution is 7.09. The fourth-order valence-corrected chi connectivity index (χ4v) is 5.29. The number of carbonyl (C=O) groups is 2. The predicted octanol–water partition coefficient (Wildman–Crippen LogP) is 4.79. The maximum atomic E-state index is 13.9. The number of nitrogens with zero attached hydrogens (tertiary/aromatic N) is 2. The molecule has 0 aliphatic carbocycles. The SMILES string of the molecule is CCCN(CCC)C(=O)c1cc(C)cc(C(=O)N[C@@H](Cc2cc(F)cc(F)c2)[C@H](O)CNCc2nc(C)cs2)c1. The second kappa shape index (κ2) is 15.0. The minimum Gasteiger partial charge on any atom is -0.390 e. The number of aromatic nitrogens is 1. The fourth-order valence-electron chi connectivity index (χ4n) is 4.55. The van der Waals surface area contributed by atoms with Crippen LogP contribution < -0.4 is 10.6 Å². The summed E-state index contributed by atoms with van der Waals surface area (Å²) in [7, 11) is 0. The predicted molar refractivity (Wildman–Crippen MR) is 154 cm³/mol. The average Bonchev–Trinajstić information content (AvgIpc) is 3.31. The zero-order valence-electron chi connectivity index (χ0n) is 23.5. The van der Waals surface area contributed by atoms with Gasteiger partial charge >= 0.3 is 0 Å². The van der Waals surface area contributed by atoms with Crippen molar-refractivity contribution < 1.29 is 23.5 Å². The van der Waals surface area contributed by atoms with Gasteiger partial charge < -0.3 is 20.6 Å². The largest absolute Gasteiger partial charge is 0.390 e. The van der Waals surface area contributed by atoms with Crippen LogP contribution in [0.1, 0.15) is 69.2 Å². The van der Waals surface area contributed by atoms with E-state index in [0.29, 0.717) is 30.8 Å². The number of aliphatic hydroxyl groups excluding tert-OH is 1. The lowest BCUT2D eigenvalue weighted by atomic mass is 9.99. The van der Waals surface area contributed by atoms with Crippen LogP contribution >= 0.6 is 11.3 Å². The van der Waals surface area contributed by atoms with Crippen molar-refractivity contribution in [1.29, 1.82) is 0 Å². The van der Waals surface area contributed by atoms with E-state index in [4.69, 9.17) is 0 Å². The average molecular weight is 573 g/mol. The Hall–Kier alpha value is -3.21. The number of nitrogens with one attached hydrogen (secondary N) is 2. The van der Waals surface area contributed by atoms with Crippen LogP contribution in [0, 0.1) is 25.5 Å². The van der Waals surface area contributed by atoms with Crippen molar-refractivity contribution >= 4 is 23.2 Å². The zero-order chi connectivity index (χ0) is 29.2. The number of halogens is 2. The molecule has 0 radical (unpaired) electrons. The maximum absolute atomic E-state index is 13.9. The van der Waals surface area contributed by atoms with Crippen LogP contribution in [-0.4, -0.2) is 58.6 Å². The first-order chi connectivity index (χ1) is 19.1. The van der Waals surface area contributed by atoms with Gasteiger partial charge in [-0.25, -0.2) is 13.8 Å². The molecule has 7 nitrogen and oxygen atoms in total. The highest BCUT2D eigenvalue weighted by atomic mass is 32.1. The molecule has 3 aromatic rings. The third-order valence-electron chi connectivity index (χ3n) is 6.32. The lowest BCUT2D eigenvalue weighted by Gasteiger charge is -2.25. The Morgan fingerprint density at radius 3 is 2.25 bits per heavy atom. The van der Waals surface area contributed by atoms with Gasteiger partial charge in [0.25, 0.3) is 11.8 Å². The molecule has 2 atom stereocenters. The van der Waals surface area contributed by atoms with Crippen LogP contribution in [-0.2, 0) is 13.0 Å². The number of aliphatic hydroxyl groups is 1. The van der Waals surface area contributed by atoms with Gasteiger partial charge in [0.15, 0.2) is 0 Å². The van der Waals surface area contributed by atoms with Crippen molar-refractivity contribution in [2.45, 2.75) is 65.6 Å². The summed E-state index contributed by atoms with van der Waals surface area (Å²) in [5, 5.41) is 19.8. The van der Waals surface area contributed by atoms with E-state index in [1.54, 1.807) is 23.1 Å². The van der Waals surface area contributed by atoms with Crippen LogP contribution in [0.3, 0.4) is 0 Å². The van der Waals surface area contributed by atoms with E-state index in [-0.39, 0.29) is 24.4 Å². The Morgan fingerprint density at radius 2 is 1.65 bits per heavy atom. The minimum absolute atomic E-state index is 0.00198. The van der Waals surface area contributed by atoms with E-state index in [2.05, 4.69) is 15.6 Å². The number of rotatable bonds is 14. The van der Waals surface area contributed by atoms with E-state index in [9.17, 15) is 23.5 Å². The number of carbonyl (C=O) groups excluding carboxylic acids is 2.